The number of anilines is 1. The Morgan fingerprint density at radius 2 is 1.96 bits per heavy atom. The fourth-order valence-electron chi connectivity index (χ4n) is 3.17. The highest BCUT2D eigenvalue weighted by Crippen LogP contribution is 2.27. The first-order chi connectivity index (χ1) is 12.4. The molecule has 1 aliphatic carbocycles. The zero-order valence-electron chi connectivity index (χ0n) is 15.6. The molecule has 0 spiro atoms. The molecular formula is C20H26ClN3O2. The number of para-hydroxylation sites is 1. The van der Waals surface area contributed by atoms with Gasteiger partial charge in [-0.1, -0.05) is 29.8 Å². The van der Waals surface area contributed by atoms with E-state index in [-0.39, 0.29) is 10.6 Å². The molecule has 5 nitrogen and oxygen atoms in total. The first-order valence-corrected chi connectivity index (χ1v) is 9.51. The molecule has 0 bridgehead atoms. The molecular weight excluding hydrogens is 350 g/mol. The highest BCUT2D eigenvalue weighted by atomic mass is 35.5. The van der Waals surface area contributed by atoms with Crippen molar-refractivity contribution in [3.05, 3.63) is 51.4 Å². The van der Waals surface area contributed by atoms with Gasteiger partial charge in [0.1, 0.15) is 10.8 Å². The summed E-state index contributed by atoms with van der Waals surface area (Å²) in [5, 5.41) is 7.64. The molecule has 0 unspecified atom stereocenters. The molecule has 0 amide bonds. The summed E-state index contributed by atoms with van der Waals surface area (Å²) >= 11 is 6.28. The Morgan fingerprint density at radius 1 is 1.27 bits per heavy atom. The first-order valence-electron chi connectivity index (χ1n) is 9.13. The fraction of sp³-hybridized carbons (Fsp3) is 0.500. The van der Waals surface area contributed by atoms with E-state index in [4.69, 9.17) is 16.3 Å². The molecule has 1 aromatic heterocycles. The van der Waals surface area contributed by atoms with Gasteiger partial charge in [0.2, 0.25) is 0 Å². The van der Waals surface area contributed by atoms with E-state index in [1.54, 1.807) is 6.20 Å². The van der Waals surface area contributed by atoms with Crippen LogP contribution in [0.3, 0.4) is 0 Å². The predicted octanol–water partition coefficient (Wildman–Crippen LogP) is 4.59. The summed E-state index contributed by atoms with van der Waals surface area (Å²) in [5.41, 5.74) is 0.865. The third-order valence-corrected chi connectivity index (χ3v) is 4.96. The summed E-state index contributed by atoms with van der Waals surface area (Å²) in [6.07, 6.45) is 6.60. The monoisotopic (exact) mass is 375 g/mol. The van der Waals surface area contributed by atoms with E-state index in [0.717, 1.165) is 24.2 Å². The number of halogens is 1. The molecule has 6 heteroatoms. The van der Waals surface area contributed by atoms with Crippen molar-refractivity contribution < 1.29 is 4.74 Å². The lowest BCUT2D eigenvalue weighted by Gasteiger charge is -2.21. The van der Waals surface area contributed by atoms with Gasteiger partial charge in [-0.05, 0) is 52.5 Å². The molecule has 1 fully saturated rings. The fourth-order valence-corrected chi connectivity index (χ4v) is 3.37. The Bertz CT molecular complexity index is 821. The van der Waals surface area contributed by atoms with Crippen molar-refractivity contribution in [1.29, 1.82) is 0 Å². The van der Waals surface area contributed by atoms with Gasteiger partial charge in [0.05, 0.1) is 23.5 Å². The molecule has 26 heavy (non-hydrogen) atoms. The Labute approximate surface area is 159 Å². The molecule has 2 aromatic rings. The minimum absolute atomic E-state index is 0.157. The molecule has 1 N–H and O–H groups in total. The van der Waals surface area contributed by atoms with Gasteiger partial charge < -0.3 is 10.1 Å². The molecule has 0 saturated heterocycles. The molecule has 0 radical (unpaired) electrons. The number of hydrogen-bond acceptors (Lipinski definition) is 4. The van der Waals surface area contributed by atoms with Crippen molar-refractivity contribution >= 4 is 17.3 Å². The zero-order chi connectivity index (χ0) is 18.7. The second-order valence-electron chi connectivity index (χ2n) is 7.75. The Morgan fingerprint density at radius 3 is 2.65 bits per heavy atom. The van der Waals surface area contributed by atoms with Crippen LogP contribution in [-0.4, -0.2) is 15.9 Å². The van der Waals surface area contributed by atoms with Crippen molar-refractivity contribution in [3.63, 3.8) is 0 Å². The van der Waals surface area contributed by atoms with Crippen LogP contribution in [0.25, 0.3) is 0 Å². The average molecular weight is 376 g/mol. The standard InChI is InChI=1S/C20H26ClN3O2/c1-20(2,3)24-19(25)18(21)16(13-23-24)22-12-14-8-4-7-11-17(14)26-15-9-5-6-10-15/h4,7-8,11,13,15,22H,5-6,9-10,12H2,1-3H3. The van der Waals surface area contributed by atoms with Crippen LogP contribution in [0.4, 0.5) is 5.69 Å². The van der Waals surface area contributed by atoms with Gasteiger partial charge in [0.25, 0.3) is 5.56 Å². The molecule has 1 aromatic carbocycles. The van der Waals surface area contributed by atoms with Crippen LogP contribution < -0.4 is 15.6 Å². The molecule has 0 aliphatic heterocycles. The smallest absolute Gasteiger partial charge is 0.288 e. The minimum Gasteiger partial charge on any atom is -0.490 e. The van der Waals surface area contributed by atoms with Gasteiger partial charge in [0, 0.05) is 12.1 Å². The SMILES string of the molecule is CC(C)(C)n1ncc(NCc2ccccc2OC2CCCC2)c(Cl)c1=O. The summed E-state index contributed by atoms with van der Waals surface area (Å²) in [4.78, 5) is 12.4. The maximum Gasteiger partial charge on any atom is 0.288 e. The lowest BCUT2D eigenvalue weighted by Crippen LogP contribution is -2.36. The number of hydrogen-bond donors (Lipinski definition) is 1. The molecule has 3 rings (SSSR count). The number of rotatable bonds is 5. The van der Waals surface area contributed by atoms with Crippen LogP contribution in [0, 0.1) is 0 Å². The van der Waals surface area contributed by atoms with Crippen LogP contribution in [0.2, 0.25) is 5.02 Å². The van der Waals surface area contributed by atoms with Crippen LogP contribution >= 0.6 is 11.6 Å². The van der Waals surface area contributed by atoms with Crippen molar-refractivity contribution in [3.8, 4) is 5.75 Å². The summed E-state index contributed by atoms with van der Waals surface area (Å²) in [6.45, 7) is 6.27. The highest BCUT2D eigenvalue weighted by Gasteiger charge is 2.20. The molecule has 0 atom stereocenters. The highest BCUT2D eigenvalue weighted by molar-refractivity contribution is 6.32. The zero-order valence-corrected chi connectivity index (χ0v) is 16.3. The summed E-state index contributed by atoms with van der Waals surface area (Å²) in [6, 6.07) is 7.98. The molecule has 1 heterocycles. The van der Waals surface area contributed by atoms with Gasteiger partial charge in [-0.25, -0.2) is 4.68 Å². The topological polar surface area (TPSA) is 56.1 Å². The number of nitrogens with zero attached hydrogens (tertiary/aromatic N) is 2. The normalized spacial score (nSPS) is 15.2. The molecule has 140 valence electrons. The van der Waals surface area contributed by atoms with E-state index < -0.39 is 5.54 Å². The summed E-state index contributed by atoms with van der Waals surface area (Å²) in [7, 11) is 0. The van der Waals surface area contributed by atoms with Crippen LogP contribution in [-0.2, 0) is 12.1 Å². The summed E-state index contributed by atoms with van der Waals surface area (Å²) in [5.74, 6) is 0.888. The van der Waals surface area contributed by atoms with E-state index in [2.05, 4.69) is 10.4 Å². The molecule has 1 saturated carbocycles. The molecule has 1 aliphatic rings. The van der Waals surface area contributed by atoms with E-state index in [1.807, 2.05) is 45.0 Å². The second kappa shape index (κ2) is 7.70. The van der Waals surface area contributed by atoms with E-state index >= 15 is 0 Å². The van der Waals surface area contributed by atoms with Crippen molar-refractivity contribution in [2.45, 2.75) is 64.6 Å². The quantitative estimate of drug-likeness (QED) is 0.830. The Balaban J connectivity index is 1.75. The van der Waals surface area contributed by atoms with Gasteiger partial charge in [0.15, 0.2) is 0 Å². The maximum atomic E-state index is 12.4. The Kier molecular flexibility index (Phi) is 5.56. The van der Waals surface area contributed by atoms with Crippen molar-refractivity contribution in [2.24, 2.45) is 0 Å². The minimum atomic E-state index is -0.416. The predicted molar refractivity (Wildman–Crippen MR) is 105 cm³/mol. The third-order valence-electron chi connectivity index (χ3n) is 4.59. The van der Waals surface area contributed by atoms with Gasteiger partial charge >= 0.3 is 0 Å². The van der Waals surface area contributed by atoms with Crippen LogP contribution in [0.1, 0.15) is 52.0 Å². The lowest BCUT2D eigenvalue weighted by atomic mass is 10.1. The van der Waals surface area contributed by atoms with E-state index in [9.17, 15) is 4.79 Å². The number of benzene rings is 1. The second-order valence-corrected chi connectivity index (χ2v) is 8.12. The maximum absolute atomic E-state index is 12.4. The largest absolute Gasteiger partial charge is 0.490 e. The van der Waals surface area contributed by atoms with Gasteiger partial charge in [-0.3, -0.25) is 4.79 Å². The van der Waals surface area contributed by atoms with Crippen molar-refractivity contribution in [2.75, 3.05) is 5.32 Å². The average Bonchev–Trinajstić information content (AvgIpc) is 3.09. The summed E-state index contributed by atoms with van der Waals surface area (Å²) < 4.78 is 7.56. The van der Waals surface area contributed by atoms with Gasteiger partial charge in [-0.15, -0.1) is 0 Å². The van der Waals surface area contributed by atoms with E-state index in [0.29, 0.717) is 18.3 Å². The Hall–Kier alpha value is -2.01. The lowest BCUT2D eigenvalue weighted by molar-refractivity contribution is 0.208. The third kappa shape index (κ3) is 4.21. The number of nitrogens with one attached hydrogen (secondary N) is 1. The van der Waals surface area contributed by atoms with Crippen molar-refractivity contribution in [1.82, 2.24) is 9.78 Å². The number of ether oxygens (including phenoxy) is 1. The number of aromatic nitrogens is 2. The first kappa shape index (κ1) is 18.8. The van der Waals surface area contributed by atoms with Crippen LogP contribution in [0.15, 0.2) is 35.3 Å². The van der Waals surface area contributed by atoms with Gasteiger partial charge in [-0.2, -0.15) is 5.10 Å². The van der Waals surface area contributed by atoms with Crippen LogP contribution in [0.5, 0.6) is 5.75 Å². The van der Waals surface area contributed by atoms with E-state index in [1.165, 1.54) is 17.5 Å².